The number of phenols is 1. The van der Waals surface area contributed by atoms with Crippen LogP contribution in [0.1, 0.15) is 138 Å². The van der Waals surface area contributed by atoms with E-state index in [0.29, 0.717) is 44.7 Å². The summed E-state index contributed by atoms with van der Waals surface area (Å²) in [4.78, 5) is 9.83. The van der Waals surface area contributed by atoms with Crippen molar-refractivity contribution in [1.82, 2.24) is 14.5 Å². The molecule has 0 bridgehead atoms. The minimum absolute atomic E-state index is 0. The van der Waals surface area contributed by atoms with Gasteiger partial charge in [-0.25, -0.2) is 4.98 Å². The number of hydrogen-bond donors (Lipinski definition) is 1. The third-order valence-corrected chi connectivity index (χ3v) is 11.7. The van der Waals surface area contributed by atoms with E-state index in [2.05, 4.69) is 99.6 Å². The van der Waals surface area contributed by atoms with Gasteiger partial charge in [0.05, 0.1) is 31.9 Å². The number of aryl methyl sites for hydroxylation is 2. The normalized spacial score (nSPS) is 16.5. The predicted molar refractivity (Wildman–Crippen MR) is 271 cm³/mol. The van der Waals surface area contributed by atoms with Crippen molar-refractivity contribution in [1.29, 1.82) is 0 Å². The molecule has 8 rings (SSSR count). The van der Waals surface area contributed by atoms with Crippen LogP contribution in [0.3, 0.4) is 0 Å². The van der Waals surface area contributed by atoms with E-state index in [4.69, 9.17) is 22.8 Å². The number of nitrogens with zero attached hydrogens (tertiary/aromatic N) is 3. The quantitative estimate of drug-likeness (QED) is 0.169. The zero-order chi connectivity index (χ0) is 59.7. The molecule has 0 amide bonds. The zero-order valence-electron chi connectivity index (χ0n) is 54.7. The zero-order valence-corrected chi connectivity index (χ0v) is 41.0. The Morgan fingerprint density at radius 3 is 1.89 bits per heavy atom. The molecule has 8 aromatic rings. The largest absolute Gasteiger partial charge is 0.507 e. The number of para-hydroxylation sites is 1. The van der Waals surface area contributed by atoms with Gasteiger partial charge in [0, 0.05) is 50.8 Å². The molecule has 0 unspecified atom stereocenters. The first-order valence-electron chi connectivity index (χ1n) is 29.4. The van der Waals surface area contributed by atoms with Crippen molar-refractivity contribution >= 4 is 11.0 Å². The number of fused-ring (bicyclic) bond motifs is 1. The van der Waals surface area contributed by atoms with Gasteiger partial charge in [0.2, 0.25) is 0 Å². The molecule has 6 aromatic carbocycles. The molecule has 0 saturated heterocycles. The summed E-state index contributed by atoms with van der Waals surface area (Å²) in [5, 5.41) is 12.0. The third kappa shape index (κ3) is 9.57. The first-order chi connectivity index (χ1) is 36.6. The summed E-state index contributed by atoms with van der Waals surface area (Å²) in [7, 11) is 0. The van der Waals surface area contributed by atoms with E-state index in [1.165, 1.54) is 5.56 Å². The van der Waals surface area contributed by atoms with Gasteiger partial charge in [-0.2, -0.15) is 0 Å². The molecule has 0 atom stereocenters. The van der Waals surface area contributed by atoms with Crippen LogP contribution in [0, 0.1) is 19.9 Å². The average molecular weight is 1050 g/mol. The molecule has 0 fully saturated rings. The molecule has 4 nitrogen and oxygen atoms in total. The number of imidazole rings is 1. The number of pyridine rings is 1. The molecule has 0 radical (unpaired) electrons. The van der Waals surface area contributed by atoms with E-state index in [9.17, 15) is 9.22 Å². The molecule has 2 aromatic heterocycles. The van der Waals surface area contributed by atoms with Gasteiger partial charge in [-0.05, 0) is 104 Å². The summed E-state index contributed by atoms with van der Waals surface area (Å²) in [5.41, 5.74) is 2.09. The molecule has 5 heteroatoms. The number of aromatic hydroxyl groups is 1. The SMILES string of the molecule is [2H]c1nc(-c2[c-]c(-c3cccc4c3nc(-c3cc(C)cc(C)c3O)n4-c3cc(C(C)(C)C)ccc3-c3ccc(C(C)(C)C)cc3)cc(C(C)(C)C)c2)c([2H])c(-c2c([2H])c([2H])c(C(C([2H])([2H])[2H])(C([2H])([2H])[2H])C([2H])([2H])[2H])c([2H])c2[2H])c1[2H].[Pt]. The van der Waals surface area contributed by atoms with Gasteiger partial charge in [0.25, 0.3) is 0 Å². The Morgan fingerprint density at radius 2 is 1.25 bits per heavy atom. The summed E-state index contributed by atoms with van der Waals surface area (Å²) >= 11 is 0. The molecule has 65 heavy (non-hydrogen) atoms. The Kier molecular flexibility index (Phi) is 8.16. The predicted octanol–water partition coefficient (Wildman–Crippen LogP) is 16.1. The molecule has 0 saturated carbocycles. The van der Waals surface area contributed by atoms with Crippen LogP contribution in [0.5, 0.6) is 5.75 Å². The van der Waals surface area contributed by atoms with Crippen molar-refractivity contribution in [2.75, 3.05) is 0 Å². The van der Waals surface area contributed by atoms with Crippen LogP contribution in [0.25, 0.3) is 72.7 Å². The van der Waals surface area contributed by atoms with E-state index in [1.807, 2.05) is 71.0 Å². The maximum absolute atomic E-state index is 12.0. The van der Waals surface area contributed by atoms with E-state index in [1.54, 1.807) is 6.07 Å². The van der Waals surface area contributed by atoms with E-state index < -0.39 is 90.5 Å². The van der Waals surface area contributed by atoms with Crippen molar-refractivity contribution in [2.24, 2.45) is 0 Å². The van der Waals surface area contributed by atoms with E-state index in [-0.39, 0.29) is 48.9 Å². The first kappa shape index (κ1) is 30.6. The molecule has 1 N–H and O–H groups in total. The van der Waals surface area contributed by atoms with E-state index in [0.717, 1.165) is 27.9 Å². The second-order valence-electron chi connectivity index (χ2n) is 19.9. The topological polar surface area (TPSA) is 50.9 Å². The van der Waals surface area contributed by atoms with Gasteiger partial charge >= 0.3 is 0 Å². The fourth-order valence-electron chi connectivity index (χ4n) is 7.92. The minimum atomic E-state index is -3.93. The van der Waals surface area contributed by atoms with Crippen molar-refractivity contribution < 1.29 is 48.1 Å². The molecule has 0 aliphatic heterocycles. The van der Waals surface area contributed by atoms with Crippen LogP contribution in [-0.4, -0.2) is 19.6 Å². The standard InChI is InChI=1S/C60H64N3O.Pt/c1-37-30-38(2)55(64)50(31-37)56-62-54-49(16-15-17-52(54)63(56)53-36-46(59(9,10)11)26-27-48(53)40-20-24-45(25-21-40)58(6,7)8)42-32-43(34-47(33-42)60(12,13)14)51-35-41(28-29-61-51)39-18-22-44(23-19-39)57(3,4)5;/h15-31,33-36,64H,1-14H3;/q-1;/i3D3,4D3,5D3,18D,19D,22D,23D,28D,29D,35D;. The summed E-state index contributed by atoms with van der Waals surface area (Å²) in [6.45, 7) is 10.9. The number of rotatable bonds is 6. The van der Waals surface area contributed by atoms with Crippen molar-refractivity contribution in [3.8, 4) is 67.5 Å². The second kappa shape index (κ2) is 17.3. The van der Waals surface area contributed by atoms with Gasteiger partial charge in [-0.1, -0.05) is 179 Å². The Hall–Kier alpha value is -5.57. The van der Waals surface area contributed by atoms with Crippen LogP contribution >= 0.6 is 0 Å². The Labute approximate surface area is 425 Å². The monoisotopic (exact) mass is 1050 g/mol. The molecule has 2 heterocycles. The maximum atomic E-state index is 12.0. The van der Waals surface area contributed by atoms with Gasteiger partial charge in [-0.15, -0.1) is 29.3 Å². The maximum Gasteiger partial charge on any atom is 0.148 e. The molecular weight excluding hydrogens is 974 g/mol. The van der Waals surface area contributed by atoms with Crippen LogP contribution in [0.2, 0.25) is 0 Å². The van der Waals surface area contributed by atoms with Crippen molar-refractivity contribution in [3.63, 3.8) is 0 Å². The summed E-state index contributed by atoms with van der Waals surface area (Å²) in [6.07, 6.45) is -0.745. The fraction of sp³-hybridized carbons (Fsp3) is 0.300. The molecular formula is C60H64N3OPt-. The molecule has 0 aliphatic rings. The van der Waals surface area contributed by atoms with Gasteiger partial charge in [0.15, 0.2) is 0 Å². The van der Waals surface area contributed by atoms with E-state index >= 15 is 0 Å². The second-order valence-corrected chi connectivity index (χ2v) is 19.9. The number of phenolic OH excluding ortho intramolecular Hbond substituents is 1. The third-order valence-electron chi connectivity index (χ3n) is 11.7. The Bertz CT molecular complexity index is 3730. The average Bonchev–Trinajstić information content (AvgIpc) is 3.72. The smallest absolute Gasteiger partial charge is 0.148 e. The fourth-order valence-corrected chi connectivity index (χ4v) is 7.92. The molecule has 0 aliphatic carbocycles. The van der Waals surface area contributed by atoms with Gasteiger partial charge in [0.1, 0.15) is 11.6 Å². The number of benzene rings is 6. The van der Waals surface area contributed by atoms with Crippen molar-refractivity contribution in [2.45, 2.75) is 118 Å². The minimum Gasteiger partial charge on any atom is -0.507 e. The van der Waals surface area contributed by atoms with Gasteiger partial charge < -0.3 is 5.11 Å². The Balaban J connectivity index is 0.00000946. The first-order valence-corrected chi connectivity index (χ1v) is 21.4. The summed E-state index contributed by atoms with van der Waals surface area (Å²) in [6, 6.07) is 25.2. The van der Waals surface area contributed by atoms with Gasteiger partial charge in [-0.3, -0.25) is 9.55 Å². The number of hydrogen-bond acceptors (Lipinski definition) is 3. The van der Waals surface area contributed by atoms with Crippen molar-refractivity contribution in [3.05, 3.63) is 167 Å². The molecule has 336 valence electrons. The Morgan fingerprint density at radius 1 is 0.600 bits per heavy atom. The number of aromatic nitrogens is 3. The van der Waals surface area contributed by atoms with Crippen LogP contribution in [-0.2, 0) is 42.7 Å². The summed E-state index contributed by atoms with van der Waals surface area (Å²) in [5.74, 6) is 0.503. The van der Waals surface area contributed by atoms with Crippen LogP contribution in [0.15, 0.2) is 127 Å². The van der Waals surface area contributed by atoms with Crippen LogP contribution < -0.4 is 0 Å². The van der Waals surface area contributed by atoms with Crippen LogP contribution in [0.4, 0.5) is 0 Å². The summed E-state index contributed by atoms with van der Waals surface area (Å²) < 4.78 is 141. The molecule has 0 spiro atoms.